The van der Waals surface area contributed by atoms with Gasteiger partial charge in [0.25, 0.3) is 5.91 Å². The average molecular weight is 498 g/mol. The van der Waals surface area contributed by atoms with Crippen LogP contribution in [0.2, 0.25) is 0 Å². The van der Waals surface area contributed by atoms with Crippen molar-refractivity contribution >= 4 is 36.8 Å². The van der Waals surface area contributed by atoms with Crippen LogP contribution in [-0.2, 0) is 19.9 Å². The maximum absolute atomic E-state index is 13.1. The third-order valence-corrected chi connectivity index (χ3v) is 10.0. The van der Waals surface area contributed by atoms with E-state index >= 15 is 0 Å². The number of pyridine rings is 1. The lowest BCUT2D eigenvalue weighted by atomic mass is 10.1. The van der Waals surface area contributed by atoms with Crippen LogP contribution >= 0.6 is 0 Å². The molecule has 10 nitrogen and oxygen atoms in total. The minimum atomic E-state index is -3.25. The summed E-state index contributed by atoms with van der Waals surface area (Å²) in [6.45, 7) is 4.06. The van der Waals surface area contributed by atoms with Gasteiger partial charge in [0.05, 0.1) is 39.9 Å². The molecule has 1 unspecified atom stereocenters. The van der Waals surface area contributed by atoms with Crippen molar-refractivity contribution in [2.24, 2.45) is 0 Å². The number of amides is 1. The van der Waals surface area contributed by atoms with Gasteiger partial charge in [-0.1, -0.05) is 0 Å². The van der Waals surface area contributed by atoms with Crippen LogP contribution in [0.1, 0.15) is 66.3 Å². The van der Waals surface area contributed by atoms with Crippen LogP contribution in [0.25, 0.3) is 11.0 Å². The van der Waals surface area contributed by atoms with Gasteiger partial charge in [0.1, 0.15) is 0 Å². The number of carbonyl (C=O) groups excluding carboxylic acids is 1. The van der Waals surface area contributed by atoms with E-state index in [0.29, 0.717) is 54.1 Å². The molecule has 1 atom stereocenters. The smallest absolute Gasteiger partial charge is 0.252 e. The van der Waals surface area contributed by atoms with Crippen LogP contribution in [0.5, 0.6) is 0 Å². The molecule has 33 heavy (non-hydrogen) atoms. The molecule has 1 N–H and O–H groups in total. The number of fused-ring (bicyclic) bond motifs is 1. The van der Waals surface area contributed by atoms with Crippen LogP contribution in [0.3, 0.4) is 0 Å². The Kier molecular flexibility index (Phi) is 6.53. The van der Waals surface area contributed by atoms with Crippen molar-refractivity contribution in [2.75, 3.05) is 37.4 Å². The number of nitrogens with one attached hydrogen (secondary N) is 1. The molecule has 0 spiro atoms. The van der Waals surface area contributed by atoms with Gasteiger partial charge in [-0.2, -0.15) is 5.10 Å². The van der Waals surface area contributed by atoms with Crippen LogP contribution < -0.4 is 5.32 Å². The lowest BCUT2D eigenvalue weighted by Gasteiger charge is -2.16. The van der Waals surface area contributed by atoms with Gasteiger partial charge in [-0.15, -0.1) is 0 Å². The molecule has 0 aromatic carbocycles. The maximum Gasteiger partial charge on any atom is 0.252 e. The summed E-state index contributed by atoms with van der Waals surface area (Å²) in [4.78, 5) is 17.9. The van der Waals surface area contributed by atoms with E-state index in [1.54, 1.807) is 11.6 Å². The summed E-state index contributed by atoms with van der Waals surface area (Å²) in [7, 11) is -4.80. The third kappa shape index (κ3) is 5.07. The zero-order chi connectivity index (χ0) is 24.0. The molecule has 2 aromatic heterocycles. The van der Waals surface area contributed by atoms with Gasteiger partial charge in [-0.05, 0) is 45.6 Å². The summed E-state index contributed by atoms with van der Waals surface area (Å²) >= 11 is 0. The quantitative estimate of drug-likeness (QED) is 0.518. The van der Waals surface area contributed by atoms with Crippen LogP contribution in [-0.4, -0.2) is 79.2 Å². The Bertz CT molecular complexity index is 1280. The summed E-state index contributed by atoms with van der Waals surface area (Å²) < 4.78 is 50.8. The molecule has 182 valence electrons. The first-order chi connectivity index (χ1) is 15.5. The van der Waals surface area contributed by atoms with Gasteiger partial charge in [0.15, 0.2) is 15.5 Å². The summed E-state index contributed by atoms with van der Waals surface area (Å²) in [6.07, 6.45) is 3.01. The molecule has 1 aliphatic heterocycles. The normalized spacial score (nSPS) is 20.5. The monoisotopic (exact) mass is 497 g/mol. The summed E-state index contributed by atoms with van der Waals surface area (Å²) in [5.74, 6) is 0.265. The highest BCUT2D eigenvalue weighted by Gasteiger charge is 2.34. The van der Waals surface area contributed by atoms with Crippen molar-refractivity contribution in [3.05, 3.63) is 23.0 Å². The number of carbonyl (C=O) groups is 1. The Morgan fingerprint density at radius 1 is 1.30 bits per heavy atom. The van der Waals surface area contributed by atoms with Crippen molar-refractivity contribution in [2.45, 2.75) is 51.5 Å². The van der Waals surface area contributed by atoms with E-state index in [0.717, 1.165) is 18.5 Å². The molecular formula is C21H31N5O5S2. The molecule has 1 saturated carbocycles. The number of sulfone groups is 1. The molecule has 0 radical (unpaired) electrons. The van der Waals surface area contributed by atoms with Gasteiger partial charge in [0.2, 0.25) is 10.0 Å². The van der Waals surface area contributed by atoms with E-state index in [4.69, 9.17) is 4.98 Å². The van der Waals surface area contributed by atoms with Crippen molar-refractivity contribution in [1.29, 1.82) is 0 Å². The second-order valence-corrected chi connectivity index (χ2v) is 13.6. The van der Waals surface area contributed by atoms with E-state index in [9.17, 15) is 21.6 Å². The number of hydrogen-bond donors (Lipinski definition) is 1. The Morgan fingerprint density at radius 3 is 2.64 bits per heavy atom. The molecule has 0 bridgehead atoms. The lowest BCUT2D eigenvalue weighted by Crippen LogP contribution is -2.32. The molecule has 2 fully saturated rings. The van der Waals surface area contributed by atoms with Gasteiger partial charge < -0.3 is 5.32 Å². The van der Waals surface area contributed by atoms with Crippen molar-refractivity contribution < 1.29 is 21.6 Å². The largest absolute Gasteiger partial charge is 0.352 e. The topological polar surface area (TPSA) is 131 Å². The average Bonchev–Trinajstić information content (AvgIpc) is 3.49. The summed E-state index contributed by atoms with van der Waals surface area (Å²) in [5, 5.41) is 8.14. The fourth-order valence-electron chi connectivity index (χ4n) is 4.28. The van der Waals surface area contributed by atoms with Gasteiger partial charge in [0, 0.05) is 31.7 Å². The SMILES string of the molecule is CCS(=O)(=O)N(C)CCCNC(=O)c1cc(C2CC2)nc2c1c(C)nn2C1CCS(=O)(=O)C1. The van der Waals surface area contributed by atoms with Crippen molar-refractivity contribution in [3.63, 3.8) is 0 Å². The standard InChI is InChI=1S/C21H31N5O5S2/c1-4-33(30,31)25(3)10-5-9-22-21(27)17-12-18(15-6-7-15)23-20-19(17)14(2)24-26(20)16-8-11-32(28,29)13-16/h12,15-16H,4-11,13H2,1-3H3,(H,22,27). The number of sulfonamides is 1. The zero-order valence-corrected chi connectivity index (χ0v) is 20.9. The minimum Gasteiger partial charge on any atom is -0.352 e. The maximum atomic E-state index is 13.1. The fraction of sp³-hybridized carbons (Fsp3) is 0.667. The van der Waals surface area contributed by atoms with E-state index in [1.165, 1.54) is 11.4 Å². The van der Waals surface area contributed by atoms with E-state index < -0.39 is 19.9 Å². The molecule has 4 rings (SSSR count). The predicted molar refractivity (Wildman–Crippen MR) is 126 cm³/mol. The van der Waals surface area contributed by atoms with Gasteiger partial charge in [-0.3, -0.25) is 4.79 Å². The van der Waals surface area contributed by atoms with Crippen LogP contribution in [0.15, 0.2) is 6.07 Å². The van der Waals surface area contributed by atoms with E-state index in [-0.39, 0.29) is 29.2 Å². The number of hydrogen-bond acceptors (Lipinski definition) is 7. The Labute approximate surface area is 194 Å². The Hall–Kier alpha value is -2.05. The highest BCUT2D eigenvalue weighted by Crippen LogP contribution is 2.41. The molecule has 1 aliphatic carbocycles. The lowest BCUT2D eigenvalue weighted by molar-refractivity contribution is 0.0954. The number of aromatic nitrogens is 3. The fourth-order valence-corrected chi connectivity index (χ4v) is 6.82. The summed E-state index contributed by atoms with van der Waals surface area (Å²) in [6, 6.07) is 1.55. The molecule has 12 heteroatoms. The first-order valence-corrected chi connectivity index (χ1v) is 14.8. The molecule has 2 aromatic rings. The minimum absolute atomic E-state index is 0.0360. The third-order valence-electron chi connectivity index (χ3n) is 6.43. The zero-order valence-electron chi connectivity index (χ0n) is 19.2. The van der Waals surface area contributed by atoms with Crippen LogP contribution in [0.4, 0.5) is 0 Å². The highest BCUT2D eigenvalue weighted by atomic mass is 32.2. The Morgan fingerprint density at radius 2 is 2.03 bits per heavy atom. The van der Waals surface area contributed by atoms with Crippen LogP contribution in [0, 0.1) is 6.92 Å². The first kappa shape index (κ1) is 24.1. The number of aryl methyl sites for hydroxylation is 1. The molecule has 1 amide bonds. The van der Waals surface area contributed by atoms with Gasteiger partial charge >= 0.3 is 0 Å². The highest BCUT2D eigenvalue weighted by molar-refractivity contribution is 7.91. The number of rotatable bonds is 9. The second-order valence-electron chi connectivity index (χ2n) is 8.99. The molecule has 3 heterocycles. The van der Waals surface area contributed by atoms with Gasteiger partial charge in [-0.25, -0.2) is 30.8 Å². The second kappa shape index (κ2) is 8.95. The van der Waals surface area contributed by atoms with Crippen molar-refractivity contribution in [3.8, 4) is 0 Å². The molecule has 2 aliphatic rings. The number of nitrogens with zero attached hydrogens (tertiary/aromatic N) is 4. The molecular weight excluding hydrogens is 466 g/mol. The predicted octanol–water partition coefficient (Wildman–Crippen LogP) is 1.38. The summed E-state index contributed by atoms with van der Waals surface area (Å²) in [5.41, 5.74) is 2.53. The van der Waals surface area contributed by atoms with Crippen molar-refractivity contribution in [1.82, 2.24) is 24.4 Å². The Balaban J connectivity index is 1.57. The molecule has 1 saturated heterocycles. The van der Waals surface area contributed by atoms with E-state index in [1.807, 2.05) is 13.0 Å². The first-order valence-electron chi connectivity index (χ1n) is 11.3. The van der Waals surface area contributed by atoms with E-state index in [2.05, 4.69) is 10.4 Å².